The largest absolute Gasteiger partial charge is 0.396 e. The van der Waals surface area contributed by atoms with Crippen molar-refractivity contribution in [3.8, 4) is 0 Å². The molecule has 0 atom stereocenters. The van der Waals surface area contributed by atoms with E-state index >= 15 is 0 Å². The van der Waals surface area contributed by atoms with Gasteiger partial charge in [-0.25, -0.2) is 8.78 Å². The Morgan fingerprint density at radius 1 is 1.26 bits per heavy atom. The number of carbonyl (C=O) groups excluding carboxylic acids is 1. The first-order valence-electron chi connectivity index (χ1n) is 8.04. The fourth-order valence-electron chi connectivity index (χ4n) is 2.69. The van der Waals surface area contributed by atoms with E-state index in [-0.39, 0.29) is 18.6 Å². The van der Waals surface area contributed by atoms with E-state index in [1.54, 1.807) is 4.90 Å². The van der Waals surface area contributed by atoms with E-state index in [9.17, 15) is 13.6 Å². The highest BCUT2D eigenvalue weighted by molar-refractivity contribution is 5.76. The lowest BCUT2D eigenvalue weighted by molar-refractivity contribution is -0.133. The minimum absolute atomic E-state index is 0.0311. The summed E-state index contributed by atoms with van der Waals surface area (Å²) in [5.41, 5.74) is 0.625. The molecule has 1 saturated heterocycles. The number of ether oxygens (including phenoxy) is 1. The van der Waals surface area contributed by atoms with Gasteiger partial charge in [0, 0.05) is 32.7 Å². The van der Waals surface area contributed by atoms with Gasteiger partial charge in [0.25, 0.3) is 0 Å². The molecule has 1 fully saturated rings. The zero-order valence-corrected chi connectivity index (χ0v) is 13.1. The highest BCUT2D eigenvalue weighted by Crippen LogP contribution is 2.16. The summed E-state index contributed by atoms with van der Waals surface area (Å²) < 4.78 is 31.6. The Morgan fingerprint density at radius 3 is 2.65 bits per heavy atom. The second-order valence-electron chi connectivity index (χ2n) is 5.78. The van der Waals surface area contributed by atoms with Gasteiger partial charge in [-0.2, -0.15) is 0 Å². The number of aliphatic hydroxyl groups excluding tert-OH is 1. The van der Waals surface area contributed by atoms with Crippen LogP contribution in [0.2, 0.25) is 0 Å². The van der Waals surface area contributed by atoms with Crippen molar-refractivity contribution in [2.75, 3.05) is 26.3 Å². The molecule has 1 aromatic carbocycles. The number of piperidine rings is 1. The summed E-state index contributed by atoms with van der Waals surface area (Å²) in [5, 5.41) is 8.72. The summed E-state index contributed by atoms with van der Waals surface area (Å²) in [6, 6.07) is 3.74. The number of likely N-dealkylation sites (tertiary alicyclic amines) is 1. The van der Waals surface area contributed by atoms with E-state index in [0.29, 0.717) is 44.5 Å². The molecule has 0 aliphatic carbocycles. The number of hydrogen-bond acceptors (Lipinski definition) is 3. The van der Waals surface area contributed by atoms with E-state index < -0.39 is 11.6 Å². The number of benzene rings is 1. The predicted octanol–water partition coefficient (Wildman–Crippen LogP) is 2.29. The number of nitrogens with zero attached hydrogens (tertiary/aromatic N) is 1. The first-order chi connectivity index (χ1) is 11.1. The van der Waals surface area contributed by atoms with Crippen LogP contribution in [0.1, 0.15) is 31.2 Å². The first-order valence-corrected chi connectivity index (χ1v) is 8.04. The van der Waals surface area contributed by atoms with Crippen LogP contribution in [0.25, 0.3) is 0 Å². The molecule has 23 heavy (non-hydrogen) atoms. The van der Waals surface area contributed by atoms with Gasteiger partial charge < -0.3 is 14.7 Å². The summed E-state index contributed by atoms with van der Waals surface area (Å²) in [7, 11) is 0. The molecule has 2 rings (SSSR count). The lowest BCUT2D eigenvalue weighted by Gasteiger charge is -2.32. The van der Waals surface area contributed by atoms with E-state index in [4.69, 9.17) is 9.84 Å². The molecule has 1 heterocycles. The number of halogens is 2. The Kier molecular flexibility index (Phi) is 6.92. The molecule has 4 nitrogen and oxygen atoms in total. The number of aliphatic hydroxyl groups is 1. The molecule has 128 valence electrons. The predicted molar refractivity (Wildman–Crippen MR) is 81.9 cm³/mol. The zero-order chi connectivity index (χ0) is 16.7. The third-order valence-corrected chi connectivity index (χ3v) is 4.06. The topological polar surface area (TPSA) is 49.8 Å². The summed E-state index contributed by atoms with van der Waals surface area (Å²) in [6.07, 6.45) is 3.07. The van der Waals surface area contributed by atoms with Crippen LogP contribution in [0, 0.1) is 11.6 Å². The monoisotopic (exact) mass is 327 g/mol. The zero-order valence-electron chi connectivity index (χ0n) is 13.1. The minimum Gasteiger partial charge on any atom is -0.396 e. The second kappa shape index (κ2) is 8.93. The van der Waals surface area contributed by atoms with Crippen LogP contribution in [0.5, 0.6) is 0 Å². The highest BCUT2D eigenvalue weighted by Gasteiger charge is 2.22. The smallest absolute Gasteiger partial charge is 0.222 e. The van der Waals surface area contributed by atoms with Crippen molar-refractivity contribution in [1.29, 1.82) is 0 Å². The van der Waals surface area contributed by atoms with Crippen LogP contribution >= 0.6 is 0 Å². The van der Waals surface area contributed by atoms with Gasteiger partial charge in [0.1, 0.15) is 0 Å². The third-order valence-electron chi connectivity index (χ3n) is 4.06. The molecule has 0 bridgehead atoms. The van der Waals surface area contributed by atoms with Gasteiger partial charge in [-0.05, 0) is 43.4 Å². The van der Waals surface area contributed by atoms with Crippen LogP contribution in [-0.4, -0.2) is 48.3 Å². The lowest BCUT2D eigenvalue weighted by atomic mass is 10.1. The van der Waals surface area contributed by atoms with Crippen molar-refractivity contribution in [2.24, 2.45) is 0 Å². The molecule has 0 unspecified atom stereocenters. The summed E-state index contributed by atoms with van der Waals surface area (Å²) in [5.74, 6) is -1.72. The number of carbonyl (C=O) groups is 1. The molecule has 1 aliphatic rings. The molecule has 1 aromatic rings. The number of hydrogen-bond donors (Lipinski definition) is 1. The fourth-order valence-corrected chi connectivity index (χ4v) is 2.69. The molecular formula is C17H23F2NO3. The van der Waals surface area contributed by atoms with Crippen molar-refractivity contribution >= 4 is 5.91 Å². The van der Waals surface area contributed by atoms with Gasteiger partial charge in [-0.1, -0.05) is 6.07 Å². The van der Waals surface area contributed by atoms with Crippen molar-refractivity contribution in [3.63, 3.8) is 0 Å². The van der Waals surface area contributed by atoms with Gasteiger partial charge in [0.15, 0.2) is 11.6 Å². The Morgan fingerprint density at radius 2 is 2.00 bits per heavy atom. The maximum atomic E-state index is 13.1. The Labute approximate surface area is 135 Å². The fraction of sp³-hybridized carbons (Fsp3) is 0.588. The summed E-state index contributed by atoms with van der Waals surface area (Å²) >= 11 is 0. The number of amides is 1. The molecule has 0 aromatic heterocycles. The third kappa shape index (κ3) is 5.55. The molecule has 6 heteroatoms. The van der Waals surface area contributed by atoms with Crippen LogP contribution in [0.3, 0.4) is 0 Å². The van der Waals surface area contributed by atoms with Crippen molar-refractivity contribution in [3.05, 3.63) is 35.4 Å². The van der Waals surface area contributed by atoms with Gasteiger partial charge in [0.2, 0.25) is 5.91 Å². The molecule has 0 spiro atoms. The Balaban J connectivity index is 1.71. The maximum Gasteiger partial charge on any atom is 0.222 e. The molecule has 1 aliphatic heterocycles. The Hall–Kier alpha value is -1.53. The SMILES string of the molecule is O=C(CCc1ccc(F)c(F)c1)N1CCC(OCCCO)CC1. The van der Waals surface area contributed by atoms with Gasteiger partial charge in [-0.15, -0.1) is 0 Å². The van der Waals surface area contributed by atoms with Gasteiger partial charge in [-0.3, -0.25) is 4.79 Å². The van der Waals surface area contributed by atoms with Crippen molar-refractivity contribution in [1.82, 2.24) is 4.90 Å². The average Bonchev–Trinajstić information content (AvgIpc) is 2.56. The Bertz CT molecular complexity index is 517. The van der Waals surface area contributed by atoms with Gasteiger partial charge in [0.05, 0.1) is 6.10 Å². The van der Waals surface area contributed by atoms with E-state index in [1.807, 2.05) is 0 Å². The molecular weight excluding hydrogens is 304 g/mol. The molecule has 1 amide bonds. The first kappa shape index (κ1) is 17.8. The van der Waals surface area contributed by atoms with Crippen molar-refractivity contribution < 1.29 is 23.4 Å². The van der Waals surface area contributed by atoms with E-state index in [0.717, 1.165) is 25.0 Å². The average molecular weight is 327 g/mol. The maximum absolute atomic E-state index is 13.1. The minimum atomic E-state index is -0.879. The summed E-state index contributed by atoms with van der Waals surface area (Å²) in [4.78, 5) is 14.0. The lowest BCUT2D eigenvalue weighted by Crippen LogP contribution is -2.41. The normalized spacial score (nSPS) is 15.9. The van der Waals surface area contributed by atoms with Crippen LogP contribution in [0.4, 0.5) is 8.78 Å². The molecule has 0 saturated carbocycles. The van der Waals surface area contributed by atoms with Crippen LogP contribution in [0.15, 0.2) is 18.2 Å². The second-order valence-corrected chi connectivity index (χ2v) is 5.78. The van der Waals surface area contributed by atoms with Crippen molar-refractivity contribution in [2.45, 2.75) is 38.2 Å². The molecule has 0 radical (unpaired) electrons. The summed E-state index contributed by atoms with van der Waals surface area (Å²) in [6.45, 7) is 1.98. The van der Waals surface area contributed by atoms with E-state index in [2.05, 4.69) is 0 Å². The van der Waals surface area contributed by atoms with Gasteiger partial charge >= 0.3 is 0 Å². The van der Waals surface area contributed by atoms with Crippen LogP contribution in [-0.2, 0) is 16.0 Å². The van der Waals surface area contributed by atoms with E-state index in [1.165, 1.54) is 6.07 Å². The number of rotatable bonds is 7. The number of aryl methyl sites for hydroxylation is 1. The highest BCUT2D eigenvalue weighted by atomic mass is 19.2. The van der Waals surface area contributed by atoms with Crippen LogP contribution < -0.4 is 0 Å². The quantitative estimate of drug-likeness (QED) is 0.782. The molecule has 1 N–H and O–H groups in total. The standard InChI is InChI=1S/C17H23F2NO3/c18-15-4-2-13(12-16(15)19)3-5-17(22)20-8-6-14(7-9-20)23-11-1-10-21/h2,4,12,14,21H,1,3,5-11H2.